The van der Waals surface area contributed by atoms with Crippen LogP contribution in [0, 0.1) is 5.92 Å². The van der Waals surface area contributed by atoms with E-state index in [-0.39, 0.29) is 18.1 Å². The van der Waals surface area contributed by atoms with Crippen molar-refractivity contribution in [2.24, 2.45) is 5.92 Å². The van der Waals surface area contributed by atoms with E-state index in [1.165, 1.54) is 5.56 Å². The molecule has 132 valence electrons. The van der Waals surface area contributed by atoms with Crippen LogP contribution in [0.4, 0.5) is 0 Å². The van der Waals surface area contributed by atoms with Crippen LogP contribution in [-0.2, 0) is 27.5 Å². The van der Waals surface area contributed by atoms with Gasteiger partial charge in [-0.15, -0.1) is 0 Å². The predicted molar refractivity (Wildman–Crippen MR) is 94.7 cm³/mol. The van der Waals surface area contributed by atoms with Crippen LogP contribution in [0.2, 0.25) is 0 Å². The van der Waals surface area contributed by atoms with E-state index in [1.54, 1.807) is 6.07 Å². The third kappa shape index (κ3) is 4.00. The summed E-state index contributed by atoms with van der Waals surface area (Å²) in [7, 11) is -3.38. The van der Waals surface area contributed by atoms with Crippen molar-refractivity contribution < 1.29 is 13.2 Å². The standard InChI is InChI=1S/C19H27NO3S/c1-15-4-3-11-20(12-9-15)19(21)10-13-24(22,23)18-8-7-16-5-2-6-17(16)14-18/h7-8,14-15H,2-6,9-13H2,1H3. The Morgan fingerprint density at radius 3 is 2.75 bits per heavy atom. The van der Waals surface area contributed by atoms with Gasteiger partial charge in [0.15, 0.2) is 9.84 Å². The average Bonchev–Trinajstić information content (AvgIpc) is 2.93. The lowest BCUT2D eigenvalue weighted by molar-refractivity contribution is -0.130. The minimum Gasteiger partial charge on any atom is -0.343 e. The van der Waals surface area contributed by atoms with Crippen LogP contribution in [0.3, 0.4) is 0 Å². The number of hydrogen-bond donors (Lipinski definition) is 0. The van der Waals surface area contributed by atoms with Crippen LogP contribution in [0.25, 0.3) is 0 Å². The van der Waals surface area contributed by atoms with Crippen molar-refractivity contribution in [3.05, 3.63) is 29.3 Å². The van der Waals surface area contributed by atoms with E-state index in [9.17, 15) is 13.2 Å². The van der Waals surface area contributed by atoms with E-state index in [0.717, 1.165) is 57.2 Å². The lowest BCUT2D eigenvalue weighted by Gasteiger charge is -2.20. The molecule has 1 aromatic rings. The molecule has 1 fully saturated rings. The fraction of sp³-hybridized carbons (Fsp3) is 0.632. The van der Waals surface area contributed by atoms with Gasteiger partial charge < -0.3 is 4.90 Å². The second-order valence-electron chi connectivity index (χ2n) is 7.27. The Bertz CT molecular complexity index is 711. The quantitative estimate of drug-likeness (QED) is 0.840. The highest BCUT2D eigenvalue weighted by atomic mass is 32.2. The number of fused-ring (bicyclic) bond motifs is 1. The van der Waals surface area contributed by atoms with E-state index >= 15 is 0 Å². The number of likely N-dealkylation sites (tertiary alicyclic amines) is 1. The first-order valence-electron chi connectivity index (χ1n) is 9.08. The Kier molecular flexibility index (Phi) is 5.28. The molecule has 1 unspecified atom stereocenters. The summed E-state index contributed by atoms with van der Waals surface area (Å²) in [4.78, 5) is 14.6. The zero-order valence-corrected chi connectivity index (χ0v) is 15.3. The van der Waals surface area contributed by atoms with Crippen LogP contribution in [-0.4, -0.2) is 38.1 Å². The molecule has 0 saturated carbocycles. The molecule has 4 nitrogen and oxygen atoms in total. The Balaban J connectivity index is 1.61. The van der Waals surface area contributed by atoms with Crippen LogP contribution in [0.15, 0.2) is 23.1 Å². The first-order valence-corrected chi connectivity index (χ1v) is 10.7. The number of carbonyl (C=O) groups excluding carboxylic acids is 1. The van der Waals surface area contributed by atoms with Crippen molar-refractivity contribution in [1.29, 1.82) is 0 Å². The van der Waals surface area contributed by atoms with E-state index in [4.69, 9.17) is 0 Å². The topological polar surface area (TPSA) is 54.5 Å². The molecule has 1 aliphatic heterocycles. The van der Waals surface area contributed by atoms with Gasteiger partial charge in [-0.3, -0.25) is 4.79 Å². The summed E-state index contributed by atoms with van der Waals surface area (Å²) in [6.45, 7) is 3.74. The van der Waals surface area contributed by atoms with Crippen LogP contribution in [0.5, 0.6) is 0 Å². The number of carbonyl (C=O) groups is 1. The van der Waals surface area contributed by atoms with E-state index in [0.29, 0.717) is 10.8 Å². The minimum atomic E-state index is -3.38. The third-order valence-electron chi connectivity index (χ3n) is 5.38. The fourth-order valence-electron chi connectivity index (χ4n) is 3.75. The van der Waals surface area contributed by atoms with Crippen molar-refractivity contribution in [3.63, 3.8) is 0 Å². The Hall–Kier alpha value is -1.36. The molecule has 0 N–H and O–H groups in total. The van der Waals surface area contributed by atoms with Crippen molar-refractivity contribution in [1.82, 2.24) is 4.90 Å². The predicted octanol–water partition coefficient (Wildman–Crippen LogP) is 2.99. The van der Waals surface area contributed by atoms with E-state index in [2.05, 4.69) is 6.92 Å². The van der Waals surface area contributed by atoms with Gasteiger partial charge in [0.1, 0.15) is 0 Å². The molecule has 5 heteroatoms. The van der Waals surface area contributed by atoms with Gasteiger partial charge >= 0.3 is 0 Å². The van der Waals surface area contributed by atoms with Gasteiger partial charge in [0.05, 0.1) is 10.6 Å². The molecule has 1 amide bonds. The summed E-state index contributed by atoms with van der Waals surface area (Å²) in [6.07, 6.45) is 6.38. The van der Waals surface area contributed by atoms with Crippen LogP contribution < -0.4 is 0 Å². The molecule has 1 saturated heterocycles. The van der Waals surface area contributed by atoms with Gasteiger partial charge in [-0.25, -0.2) is 8.42 Å². The summed E-state index contributed by atoms with van der Waals surface area (Å²) < 4.78 is 25.1. The SMILES string of the molecule is CC1CCCN(C(=O)CCS(=O)(=O)c2ccc3c(c2)CCC3)CC1. The third-order valence-corrected chi connectivity index (χ3v) is 7.10. The maximum Gasteiger partial charge on any atom is 0.223 e. The summed E-state index contributed by atoms with van der Waals surface area (Å²) in [6, 6.07) is 5.46. The Morgan fingerprint density at radius 1 is 1.12 bits per heavy atom. The second kappa shape index (κ2) is 7.26. The molecular weight excluding hydrogens is 322 g/mol. The minimum absolute atomic E-state index is 0.0196. The van der Waals surface area contributed by atoms with Crippen molar-refractivity contribution in [2.75, 3.05) is 18.8 Å². The maximum absolute atomic E-state index is 12.6. The average molecular weight is 349 g/mol. The number of aryl methyl sites for hydroxylation is 2. The number of amides is 1. The number of benzene rings is 1. The molecule has 1 atom stereocenters. The van der Waals surface area contributed by atoms with Gasteiger partial charge in [-0.05, 0) is 67.7 Å². The number of rotatable bonds is 4. The summed E-state index contributed by atoms with van der Waals surface area (Å²) >= 11 is 0. The molecule has 0 bridgehead atoms. The molecular formula is C19H27NO3S. The molecule has 0 radical (unpaired) electrons. The fourth-order valence-corrected chi connectivity index (χ4v) is 5.03. The Morgan fingerprint density at radius 2 is 1.92 bits per heavy atom. The van der Waals surface area contributed by atoms with Gasteiger partial charge in [0.25, 0.3) is 0 Å². The molecule has 24 heavy (non-hydrogen) atoms. The summed E-state index contributed by atoms with van der Waals surface area (Å²) in [5, 5.41) is 0. The molecule has 0 spiro atoms. The van der Waals surface area contributed by atoms with Crippen LogP contribution in [0.1, 0.15) is 50.2 Å². The zero-order chi connectivity index (χ0) is 17.2. The molecule has 0 aromatic heterocycles. The van der Waals surface area contributed by atoms with E-state index < -0.39 is 9.84 Å². The molecule has 2 aliphatic rings. The first-order chi connectivity index (χ1) is 11.5. The van der Waals surface area contributed by atoms with Crippen molar-refractivity contribution in [3.8, 4) is 0 Å². The van der Waals surface area contributed by atoms with Crippen molar-refractivity contribution in [2.45, 2.75) is 56.8 Å². The summed E-state index contributed by atoms with van der Waals surface area (Å²) in [5.74, 6) is 0.545. The van der Waals surface area contributed by atoms with Gasteiger partial charge in [-0.2, -0.15) is 0 Å². The molecule has 3 rings (SSSR count). The molecule has 1 heterocycles. The summed E-state index contributed by atoms with van der Waals surface area (Å²) in [5.41, 5.74) is 2.42. The van der Waals surface area contributed by atoms with Crippen molar-refractivity contribution >= 4 is 15.7 Å². The van der Waals surface area contributed by atoms with Gasteiger partial charge in [0, 0.05) is 19.5 Å². The Labute approximate surface area is 145 Å². The second-order valence-corrected chi connectivity index (χ2v) is 9.38. The van der Waals surface area contributed by atoms with E-state index in [1.807, 2.05) is 17.0 Å². The van der Waals surface area contributed by atoms with Crippen LogP contribution >= 0.6 is 0 Å². The lowest BCUT2D eigenvalue weighted by Crippen LogP contribution is -2.33. The highest BCUT2D eigenvalue weighted by Gasteiger charge is 2.23. The number of hydrogen-bond acceptors (Lipinski definition) is 3. The lowest BCUT2D eigenvalue weighted by atomic mass is 10.0. The normalized spacial score (nSPS) is 21.4. The smallest absolute Gasteiger partial charge is 0.223 e. The molecule has 1 aliphatic carbocycles. The molecule has 1 aromatic carbocycles. The highest BCUT2D eigenvalue weighted by Crippen LogP contribution is 2.25. The zero-order valence-electron chi connectivity index (χ0n) is 14.5. The highest BCUT2D eigenvalue weighted by molar-refractivity contribution is 7.91. The number of nitrogens with zero attached hydrogens (tertiary/aromatic N) is 1. The largest absolute Gasteiger partial charge is 0.343 e. The van der Waals surface area contributed by atoms with Gasteiger partial charge in [0.2, 0.25) is 5.91 Å². The number of sulfone groups is 1. The first kappa shape index (κ1) is 17.5. The maximum atomic E-state index is 12.6. The van der Waals surface area contributed by atoms with Gasteiger partial charge in [-0.1, -0.05) is 13.0 Å². The monoisotopic (exact) mass is 349 g/mol.